The lowest BCUT2D eigenvalue weighted by atomic mass is 10.2. The highest BCUT2D eigenvalue weighted by molar-refractivity contribution is 5.79. The van der Waals surface area contributed by atoms with Crippen LogP contribution >= 0.6 is 0 Å². The van der Waals surface area contributed by atoms with Gasteiger partial charge in [0.25, 0.3) is 0 Å². The second kappa shape index (κ2) is 3.77. The lowest BCUT2D eigenvalue weighted by Gasteiger charge is -1.85. The molecule has 0 saturated heterocycles. The van der Waals surface area contributed by atoms with Crippen molar-refractivity contribution in [3.8, 4) is 0 Å². The van der Waals surface area contributed by atoms with Crippen LogP contribution < -0.4 is 10.6 Å². The number of benzene rings is 1. The van der Waals surface area contributed by atoms with Crippen molar-refractivity contribution in [2.45, 2.75) is 13.8 Å². The molecule has 0 fully saturated rings. The summed E-state index contributed by atoms with van der Waals surface area (Å²) in [6, 6.07) is 8.08. The minimum Gasteiger partial charge on any atom is -0.456 e. The van der Waals surface area contributed by atoms with Crippen LogP contribution in [0.5, 0.6) is 0 Å². The van der Waals surface area contributed by atoms with Gasteiger partial charge in [-0.15, -0.1) is 0 Å². The molecule has 15 heavy (non-hydrogen) atoms. The summed E-state index contributed by atoms with van der Waals surface area (Å²) in [5.74, 6) is 0. The highest BCUT2D eigenvalue weighted by Gasteiger charge is 2.01. The lowest BCUT2D eigenvalue weighted by Crippen LogP contribution is -2.21. The molecular weight excluding hydrogens is 184 g/mol. The molecule has 0 aliphatic rings. The van der Waals surface area contributed by atoms with Crippen LogP contribution in [-0.4, -0.2) is 0 Å². The van der Waals surface area contributed by atoms with Crippen molar-refractivity contribution in [3.63, 3.8) is 0 Å². The number of fused-ring (bicyclic) bond motifs is 1. The van der Waals surface area contributed by atoms with E-state index < -0.39 is 0 Å². The molecule has 0 amide bonds. The molecule has 0 unspecified atom stereocenters. The molecule has 2 aromatic rings. The van der Waals surface area contributed by atoms with E-state index in [4.69, 9.17) is 4.42 Å². The van der Waals surface area contributed by atoms with Gasteiger partial charge in [0, 0.05) is 10.6 Å². The van der Waals surface area contributed by atoms with Gasteiger partial charge in [-0.2, -0.15) is 0 Å². The second-order valence-electron chi connectivity index (χ2n) is 3.52. The highest BCUT2D eigenvalue weighted by Crippen LogP contribution is 2.07. The molecule has 0 saturated carbocycles. The van der Waals surface area contributed by atoms with Crippen LogP contribution in [0.1, 0.15) is 13.8 Å². The summed E-state index contributed by atoms with van der Waals surface area (Å²) < 4.78 is 5.80. The van der Waals surface area contributed by atoms with E-state index in [1.165, 1.54) is 0 Å². The third kappa shape index (κ3) is 1.50. The zero-order chi connectivity index (χ0) is 10.8. The Morgan fingerprint density at radius 3 is 2.73 bits per heavy atom. The van der Waals surface area contributed by atoms with Crippen LogP contribution in [0.4, 0.5) is 0 Å². The van der Waals surface area contributed by atoms with Crippen molar-refractivity contribution in [1.82, 2.24) is 0 Å². The third-order valence-electron chi connectivity index (χ3n) is 2.59. The summed E-state index contributed by atoms with van der Waals surface area (Å²) in [7, 11) is 0. The van der Waals surface area contributed by atoms with Crippen molar-refractivity contribution >= 4 is 22.6 Å². The molecule has 0 aliphatic carbocycles. The van der Waals surface area contributed by atoms with Gasteiger partial charge >= 0.3 is 0 Å². The minimum atomic E-state index is 0.925. The summed E-state index contributed by atoms with van der Waals surface area (Å²) in [5, 5.41) is 2.32. The predicted octanol–water partition coefficient (Wildman–Crippen LogP) is 2.59. The minimum absolute atomic E-state index is 0.925. The quantitative estimate of drug-likeness (QED) is 0.686. The Hall–Kier alpha value is -1.76. The number of rotatable bonds is 1. The Labute approximate surface area is 89.0 Å². The molecule has 76 valence electrons. The van der Waals surface area contributed by atoms with Crippen LogP contribution in [0.15, 0.2) is 41.3 Å². The van der Waals surface area contributed by atoms with E-state index in [1.54, 1.807) is 0 Å². The van der Waals surface area contributed by atoms with E-state index >= 15 is 0 Å². The van der Waals surface area contributed by atoms with Crippen molar-refractivity contribution in [3.05, 3.63) is 47.6 Å². The Morgan fingerprint density at radius 1 is 1.33 bits per heavy atom. The van der Waals surface area contributed by atoms with Crippen molar-refractivity contribution in [1.29, 1.82) is 0 Å². The average Bonchev–Trinajstić information content (AvgIpc) is 2.66. The van der Waals surface area contributed by atoms with Gasteiger partial charge in [0.2, 0.25) is 0 Å². The van der Waals surface area contributed by atoms with Crippen molar-refractivity contribution < 1.29 is 4.42 Å². The average molecular weight is 198 g/mol. The van der Waals surface area contributed by atoms with Gasteiger partial charge in [-0.25, -0.2) is 0 Å². The fourth-order valence-electron chi connectivity index (χ4n) is 1.74. The first kappa shape index (κ1) is 9.78. The lowest BCUT2D eigenvalue weighted by molar-refractivity contribution is 0.572. The smallest absolute Gasteiger partial charge is 0.137 e. The first-order valence-electron chi connectivity index (χ1n) is 5.05. The number of allylic oxidation sites excluding steroid dienone is 1. The van der Waals surface area contributed by atoms with Gasteiger partial charge < -0.3 is 4.42 Å². The molecule has 0 atom stereocenters. The number of para-hydroxylation sites is 1. The maximum atomic E-state index is 5.80. The highest BCUT2D eigenvalue weighted by atomic mass is 16.3. The van der Waals surface area contributed by atoms with Crippen LogP contribution in [0, 0.1) is 0 Å². The van der Waals surface area contributed by atoms with Gasteiger partial charge in [-0.05, 0) is 25.5 Å². The molecule has 0 radical (unpaired) electrons. The molecule has 0 bridgehead atoms. The van der Waals surface area contributed by atoms with Crippen LogP contribution in [0.3, 0.4) is 0 Å². The third-order valence-corrected chi connectivity index (χ3v) is 2.59. The topological polar surface area (TPSA) is 13.1 Å². The maximum absolute atomic E-state index is 5.80. The van der Waals surface area contributed by atoms with Gasteiger partial charge in [0.1, 0.15) is 11.0 Å². The molecule has 2 rings (SSSR count). The molecule has 1 nitrogen and oxygen atoms in total. The molecule has 1 heterocycles. The van der Waals surface area contributed by atoms with Crippen molar-refractivity contribution in [2.75, 3.05) is 0 Å². The van der Waals surface area contributed by atoms with Gasteiger partial charge in [0.15, 0.2) is 0 Å². The molecule has 0 N–H and O–H groups in total. The maximum Gasteiger partial charge on any atom is 0.137 e. The zero-order valence-electron chi connectivity index (χ0n) is 9.08. The van der Waals surface area contributed by atoms with Crippen LogP contribution in [0.2, 0.25) is 0 Å². The molecule has 1 heteroatoms. The molecule has 0 aliphatic heterocycles. The second-order valence-corrected chi connectivity index (χ2v) is 3.52. The van der Waals surface area contributed by atoms with Gasteiger partial charge in [-0.1, -0.05) is 36.9 Å². The summed E-state index contributed by atoms with van der Waals surface area (Å²) >= 11 is 0. The molecule has 0 spiro atoms. The summed E-state index contributed by atoms with van der Waals surface area (Å²) in [6.07, 6.45) is 3.90. The Bertz CT molecular complexity index is 614. The molecular formula is C14H14O. The fourth-order valence-corrected chi connectivity index (χ4v) is 1.74. The number of hydrogen-bond donors (Lipinski definition) is 0. The molecule has 1 aromatic carbocycles. The fraction of sp³-hybridized carbons (Fsp3) is 0.143. The standard InChI is InChI=1S/C14H14O/c1-4-10(3)14-11(5-2)12-8-6-7-9-13(12)15-14/h4-9H,1H2,2-3H3/b11-5-,14-10+. The van der Waals surface area contributed by atoms with Crippen LogP contribution in [0.25, 0.3) is 22.6 Å². The Kier molecular flexibility index (Phi) is 2.46. The van der Waals surface area contributed by atoms with E-state index in [0.717, 1.165) is 27.2 Å². The molecule has 1 aromatic heterocycles. The SMILES string of the molecule is C=C/C(C)=c1/oc2ccccc2/c1=C/C. The summed E-state index contributed by atoms with van der Waals surface area (Å²) in [6.45, 7) is 7.81. The van der Waals surface area contributed by atoms with E-state index in [9.17, 15) is 0 Å². The summed E-state index contributed by atoms with van der Waals surface area (Å²) in [4.78, 5) is 0. The largest absolute Gasteiger partial charge is 0.456 e. The first-order chi connectivity index (χ1) is 7.27. The zero-order valence-corrected chi connectivity index (χ0v) is 9.08. The van der Waals surface area contributed by atoms with E-state index in [1.807, 2.05) is 38.1 Å². The van der Waals surface area contributed by atoms with Crippen LogP contribution in [-0.2, 0) is 0 Å². The normalized spacial score (nSPS) is 14.4. The van der Waals surface area contributed by atoms with E-state index in [2.05, 4.69) is 18.7 Å². The number of furan rings is 1. The van der Waals surface area contributed by atoms with E-state index in [0.29, 0.717) is 0 Å². The van der Waals surface area contributed by atoms with Gasteiger partial charge in [0.05, 0.1) is 0 Å². The van der Waals surface area contributed by atoms with Crippen molar-refractivity contribution in [2.24, 2.45) is 0 Å². The van der Waals surface area contributed by atoms with E-state index in [-0.39, 0.29) is 0 Å². The Balaban J connectivity index is 3.08. The predicted molar refractivity (Wildman–Crippen MR) is 64.9 cm³/mol. The summed E-state index contributed by atoms with van der Waals surface area (Å²) in [5.41, 5.74) is 2.93. The Morgan fingerprint density at radius 2 is 2.07 bits per heavy atom. The number of hydrogen-bond acceptors (Lipinski definition) is 1. The first-order valence-corrected chi connectivity index (χ1v) is 5.05. The monoisotopic (exact) mass is 198 g/mol. The van der Waals surface area contributed by atoms with Gasteiger partial charge in [-0.3, -0.25) is 0 Å².